The van der Waals surface area contributed by atoms with E-state index in [9.17, 15) is 20.1 Å². The Kier molecular flexibility index (Phi) is 6.16. The first kappa shape index (κ1) is 23.2. The summed E-state index contributed by atoms with van der Waals surface area (Å²) in [5.41, 5.74) is 5.39. The fraction of sp³-hybridized carbons (Fsp3) is 0.103. The van der Waals surface area contributed by atoms with Crippen LogP contribution in [-0.4, -0.2) is 20.6 Å². The second kappa shape index (κ2) is 9.58. The molecule has 1 saturated heterocycles. The number of nitriles is 2. The predicted molar refractivity (Wildman–Crippen MR) is 140 cm³/mol. The minimum atomic E-state index is -0.371. The molecule has 0 atom stereocenters. The number of para-hydroxylation sites is 1. The van der Waals surface area contributed by atoms with Gasteiger partial charge in [-0.2, -0.15) is 10.5 Å². The molecule has 1 fully saturated rings. The number of hydrogen-bond donors (Lipinski definition) is 0. The molecule has 7 heteroatoms. The Morgan fingerprint density at radius 3 is 2.08 bits per heavy atom. The Labute approximate surface area is 212 Å². The maximum absolute atomic E-state index is 13.2. The van der Waals surface area contributed by atoms with Crippen LogP contribution in [0.3, 0.4) is 0 Å². The van der Waals surface area contributed by atoms with Crippen LogP contribution in [0.4, 0.5) is 4.79 Å². The number of hydrogen-bond acceptors (Lipinski definition) is 5. The number of amides is 2. The number of fused-ring (bicyclic) bond motifs is 1. The van der Waals surface area contributed by atoms with Gasteiger partial charge in [0.25, 0.3) is 11.1 Å². The summed E-state index contributed by atoms with van der Waals surface area (Å²) in [6.45, 7) is 2.54. The van der Waals surface area contributed by atoms with Gasteiger partial charge < -0.3 is 4.57 Å². The maximum atomic E-state index is 13.2. The normalized spacial score (nSPS) is 14.4. The number of carbonyl (C=O) groups is 2. The number of imide groups is 1. The number of aromatic nitrogens is 1. The smallest absolute Gasteiger partial charge is 0.293 e. The number of rotatable bonds is 5. The van der Waals surface area contributed by atoms with Crippen LogP contribution < -0.4 is 0 Å². The largest absolute Gasteiger partial charge is 0.340 e. The van der Waals surface area contributed by atoms with Gasteiger partial charge in [-0.25, -0.2) is 0 Å². The van der Waals surface area contributed by atoms with Crippen molar-refractivity contribution < 1.29 is 9.59 Å². The third-order valence-electron chi connectivity index (χ3n) is 6.36. The van der Waals surface area contributed by atoms with E-state index in [1.165, 1.54) is 4.90 Å². The molecule has 5 rings (SSSR count). The van der Waals surface area contributed by atoms with Crippen molar-refractivity contribution in [2.75, 3.05) is 0 Å². The Balaban J connectivity index is 1.53. The molecule has 4 aromatic rings. The van der Waals surface area contributed by atoms with Gasteiger partial charge in [0.1, 0.15) is 0 Å². The monoisotopic (exact) mass is 488 g/mol. The van der Waals surface area contributed by atoms with Gasteiger partial charge in [0.15, 0.2) is 0 Å². The summed E-state index contributed by atoms with van der Waals surface area (Å²) in [5.74, 6) is -0.371. The lowest BCUT2D eigenvalue weighted by Gasteiger charge is -2.13. The van der Waals surface area contributed by atoms with Crippen LogP contribution in [0.15, 0.2) is 77.7 Å². The summed E-state index contributed by atoms with van der Waals surface area (Å²) in [4.78, 5) is 27.5. The highest BCUT2D eigenvalue weighted by atomic mass is 32.2. The first-order chi connectivity index (χ1) is 17.5. The highest BCUT2D eigenvalue weighted by molar-refractivity contribution is 8.18. The molecule has 36 heavy (non-hydrogen) atoms. The Hall–Kier alpha value is -4.59. The van der Waals surface area contributed by atoms with Gasteiger partial charge in [0.2, 0.25) is 0 Å². The molecule has 0 spiro atoms. The lowest BCUT2D eigenvalue weighted by atomic mass is 10.1. The molecule has 0 radical (unpaired) electrons. The minimum absolute atomic E-state index is 0.0530. The molecule has 0 N–H and O–H groups in total. The summed E-state index contributed by atoms with van der Waals surface area (Å²) >= 11 is 0.909. The van der Waals surface area contributed by atoms with Gasteiger partial charge >= 0.3 is 0 Å². The van der Waals surface area contributed by atoms with Gasteiger partial charge in [0, 0.05) is 28.7 Å². The number of benzene rings is 3. The highest BCUT2D eigenvalue weighted by Crippen LogP contribution is 2.36. The standard InChI is InChI=1S/C29H20N4O2S/c1-19-25(14-27-28(34)33(29(35)36-27)18-23-11-5-3-9-21(23)16-31)24-12-6-7-13-26(24)32(19)17-22-10-4-2-8-20(22)15-30/h2-14H,17-18H2,1H3/b27-14+. The summed E-state index contributed by atoms with van der Waals surface area (Å²) < 4.78 is 2.13. The van der Waals surface area contributed by atoms with Crippen molar-refractivity contribution in [3.63, 3.8) is 0 Å². The average molecular weight is 489 g/mol. The number of carbonyl (C=O) groups excluding carboxylic acids is 2. The van der Waals surface area contributed by atoms with Crippen LogP contribution >= 0.6 is 11.8 Å². The van der Waals surface area contributed by atoms with Crippen LogP contribution in [0.1, 0.15) is 33.5 Å². The molecule has 1 aromatic heterocycles. The predicted octanol–water partition coefficient (Wildman–Crippen LogP) is 5.98. The molecular weight excluding hydrogens is 468 g/mol. The van der Waals surface area contributed by atoms with Crippen LogP contribution in [-0.2, 0) is 17.9 Å². The minimum Gasteiger partial charge on any atom is -0.340 e. The maximum Gasteiger partial charge on any atom is 0.293 e. The molecule has 0 aliphatic carbocycles. The lowest BCUT2D eigenvalue weighted by molar-refractivity contribution is -0.123. The fourth-order valence-corrected chi connectivity index (χ4v) is 5.31. The molecule has 2 amide bonds. The summed E-state index contributed by atoms with van der Waals surface area (Å²) in [6.07, 6.45) is 1.78. The van der Waals surface area contributed by atoms with Crippen molar-refractivity contribution in [2.24, 2.45) is 0 Å². The van der Waals surface area contributed by atoms with Crippen molar-refractivity contribution in [3.05, 3.63) is 111 Å². The van der Waals surface area contributed by atoms with Crippen LogP contribution in [0, 0.1) is 29.6 Å². The van der Waals surface area contributed by atoms with Crippen molar-refractivity contribution >= 4 is 39.9 Å². The van der Waals surface area contributed by atoms with E-state index in [1.807, 2.05) is 49.4 Å². The molecule has 2 heterocycles. The highest BCUT2D eigenvalue weighted by Gasteiger charge is 2.35. The summed E-state index contributed by atoms with van der Waals surface area (Å²) in [5, 5.41) is 19.5. The van der Waals surface area contributed by atoms with Crippen LogP contribution in [0.2, 0.25) is 0 Å². The molecule has 0 unspecified atom stereocenters. The SMILES string of the molecule is Cc1c(/C=C2/SC(=O)N(Cc3ccccc3C#N)C2=O)c2ccccc2n1Cc1ccccc1C#N. The third-order valence-corrected chi connectivity index (χ3v) is 7.27. The molecule has 174 valence electrons. The molecular formula is C29H20N4O2S. The Bertz CT molecular complexity index is 1650. The second-order valence-corrected chi connectivity index (χ2v) is 9.40. The average Bonchev–Trinajstić information content (AvgIpc) is 3.32. The number of nitrogens with zero attached hydrogens (tertiary/aromatic N) is 4. The van der Waals surface area contributed by atoms with Crippen LogP contribution in [0.5, 0.6) is 0 Å². The first-order valence-electron chi connectivity index (χ1n) is 11.3. The summed E-state index contributed by atoms with van der Waals surface area (Å²) in [6, 6.07) is 26.7. The van der Waals surface area contributed by atoms with Crippen molar-refractivity contribution in [1.29, 1.82) is 10.5 Å². The second-order valence-electron chi connectivity index (χ2n) is 8.41. The van der Waals surface area contributed by atoms with E-state index in [0.717, 1.165) is 39.5 Å². The quantitative estimate of drug-likeness (QED) is 0.323. The van der Waals surface area contributed by atoms with E-state index in [0.29, 0.717) is 28.1 Å². The molecule has 0 saturated carbocycles. The Morgan fingerprint density at radius 1 is 0.833 bits per heavy atom. The van der Waals surface area contributed by atoms with Gasteiger partial charge in [-0.3, -0.25) is 14.5 Å². The van der Waals surface area contributed by atoms with E-state index in [-0.39, 0.29) is 17.7 Å². The van der Waals surface area contributed by atoms with Crippen molar-refractivity contribution in [2.45, 2.75) is 20.0 Å². The van der Waals surface area contributed by atoms with Crippen LogP contribution in [0.25, 0.3) is 17.0 Å². The van der Waals surface area contributed by atoms with Crippen molar-refractivity contribution in [1.82, 2.24) is 9.47 Å². The van der Waals surface area contributed by atoms with E-state index in [2.05, 4.69) is 16.7 Å². The van der Waals surface area contributed by atoms with Crippen molar-refractivity contribution in [3.8, 4) is 12.1 Å². The van der Waals surface area contributed by atoms with Gasteiger partial charge in [-0.15, -0.1) is 0 Å². The Morgan fingerprint density at radius 2 is 1.42 bits per heavy atom. The molecule has 1 aliphatic rings. The molecule has 0 bridgehead atoms. The molecule has 3 aromatic carbocycles. The van der Waals surface area contributed by atoms with Gasteiger partial charge in [0.05, 0.1) is 34.7 Å². The number of thioether (sulfide) groups is 1. The third kappa shape index (κ3) is 4.07. The van der Waals surface area contributed by atoms with E-state index >= 15 is 0 Å². The zero-order chi connectivity index (χ0) is 25.2. The zero-order valence-electron chi connectivity index (χ0n) is 19.4. The molecule has 6 nitrogen and oxygen atoms in total. The summed E-state index contributed by atoms with van der Waals surface area (Å²) in [7, 11) is 0. The van der Waals surface area contributed by atoms with Gasteiger partial charge in [-0.1, -0.05) is 54.6 Å². The topological polar surface area (TPSA) is 89.9 Å². The lowest BCUT2D eigenvalue weighted by Crippen LogP contribution is -2.27. The molecule has 1 aliphatic heterocycles. The van der Waals surface area contributed by atoms with E-state index < -0.39 is 0 Å². The van der Waals surface area contributed by atoms with E-state index in [1.54, 1.807) is 36.4 Å². The zero-order valence-corrected chi connectivity index (χ0v) is 20.2. The van der Waals surface area contributed by atoms with Gasteiger partial charge in [-0.05, 0) is 54.1 Å². The first-order valence-corrected chi connectivity index (χ1v) is 12.1. The van der Waals surface area contributed by atoms with E-state index in [4.69, 9.17) is 0 Å². The fourth-order valence-electron chi connectivity index (χ4n) is 4.49.